The molecule has 0 saturated carbocycles. The van der Waals surface area contributed by atoms with Gasteiger partial charge < -0.3 is 20.1 Å². The van der Waals surface area contributed by atoms with Crippen molar-refractivity contribution in [3.63, 3.8) is 0 Å². The molecule has 1 aromatic carbocycles. The summed E-state index contributed by atoms with van der Waals surface area (Å²) in [6.07, 6.45) is 2.66. The number of rotatable bonds is 4. The summed E-state index contributed by atoms with van der Waals surface area (Å²) in [6.45, 7) is 2.16. The van der Waals surface area contributed by atoms with Crippen molar-refractivity contribution < 1.29 is 14.3 Å². The lowest BCUT2D eigenvalue weighted by Crippen LogP contribution is -2.47. The average molecular weight is 380 g/mol. The van der Waals surface area contributed by atoms with Crippen molar-refractivity contribution in [2.45, 2.75) is 31.7 Å². The molecule has 1 aromatic rings. The standard InChI is InChI=1S/C17H21N3O3S2/c1-3-23-17(21)20-13-5-4-6-14(13)25-16(20)19-15(24)18-11-7-9-12(22-2)10-8-11/h7-10,16H,3-6H2,1-2H3,(H2,18,19,24). The Morgan fingerprint density at radius 2 is 2.12 bits per heavy atom. The van der Waals surface area contributed by atoms with Crippen molar-refractivity contribution >= 4 is 40.9 Å². The van der Waals surface area contributed by atoms with Crippen LogP contribution in [0.4, 0.5) is 10.5 Å². The fourth-order valence-electron chi connectivity index (χ4n) is 2.86. The van der Waals surface area contributed by atoms with E-state index < -0.39 is 0 Å². The number of amides is 1. The molecule has 0 radical (unpaired) electrons. The first-order valence-corrected chi connectivity index (χ1v) is 9.47. The molecule has 2 aliphatic rings. The highest BCUT2D eigenvalue weighted by Gasteiger charge is 2.39. The summed E-state index contributed by atoms with van der Waals surface area (Å²) in [7, 11) is 1.63. The first kappa shape index (κ1) is 17.9. The highest BCUT2D eigenvalue weighted by atomic mass is 32.2. The summed E-state index contributed by atoms with van der Waals surface area (Å²) in [6, 6.07) is 7.48. The maximum absolute atomic E-state index is 12.3. The number of nitrogens with zero attached hydrogens (tertiary/aromatic N) is 1. The van der Waals surface area contributed by atoms with Crippen LogP contribution in [-0.4, -0.2) is 35.3 Å². The van der Waals surface area contributed by atoms with Gasteiger partial charge in [0.2, 0.25) is 0 Å². The number of carbonyl (C=O) groups excluding carboxylic acids is 1. The minimum Gasteiger partial charge on any atom is -0.497 e. The van der Waals surface area contributed by atoms with Crippen LogP contribution in [0.3, 0.4) is 0 Å². The number of nitrogens with one attached hydrogen (secondary N) is 2. The van der Waals surface area contributed by atoms with Gasteiger partial charge in [0.1, 0.15) is 5.75 Å². The molecule has 0 saturated heterocycles. The van der Waals surface area contributed by atoms with Gasteiger partial charge in [-0.2, -0.15) is 0 Å². The van der Waals surface area contributed by atoms with Gasteiger partial charge in [-0.1, -0.05) is 11.8 Å². The molecule has 0 spiro atoms. The van der Waals surface area contributed by atoms with Crippen LogP contribution < -0.4 is 15.4 Å². The number of hydrogen-bond donors (Lipinski definition) is 2. The minimum atomic E-state index is -0.327. The van der Waals surface area contributed by atoms with Crippen LogP contribution in [0.25, 0.3) is 0 Å². The Bertz CT molecular complexity index is 691. The van der Waals surface area contributed by atoms with E-state index in [2.05, 4.69) is 10.6 Å². The Morgan fingerprint density at radius 3 is 2.80 bits per heavy atom. The Morgan fingerprint density at radius 1 is 1.36 bits per heavy atom. The second kappa shape index (κ2) is 7.97. The molecule has 1 aliphatic carbocycles. The maximum Gasteiger partial charge on any atom is 0.416 e. The van der Waals surface area contributed by atoms with Crippen molar-refractivity contribution in [3.8, 4) is 5.75 Å². The van der Waals surface area contributed by atoms with Crippen LogP contribution in [0, 0.1) is 0 Å². The summed E-state index contributed by atoms with van der Waals surface area (Å²) < 4.78 is 10.4. The number of benzene rings is 1. The maximum atomic E-state index is 12.3. The van der Waals surface area contributed by atoms with Gasteiger partial charge in [-0.3, -0.25) is 4.90 Å². The van der Waals surface area contributed by atoms with E-state index in [9.17, 15) is 4.79 Å². The zero-order valence-corrected chi connectivity index (χ0v) is 15.8. The Labute approximate surface area is 156 Å². The highest BCUT2D eigenvalue weighted by molar-refractivity contribution is 8.03. The molecule has 2 N–H and O–H groups in total. The van der Waals surface area contributed by atoms with Crippen LogP contribution in [0.1, 0.15) is 26.2 Å². The number of anilines is 1. The molecule has 0 fully saturated rings. The van der Waals surface area contributed by atoms with Crippen LogP contribution in [0.5, 0.6) is 5.75 Å². The largest absolute Gasteiger partial charge is 0.497 e. The van der Waals surface area contributed by atoms with Gasteiger partial charge in [0.15, 0.2) is 10.6 Å². The topological polar surface area (TPSA) is 62.8 Å². The molecule has 0 aromatic heterocycles. The lowest BCUT2D eigenvalue weighted by molar-refractivity contribution is 0.114. The van der Waals surface area contributed by atoms with Gasteiger partial charge in [-0.25, -0.2) is 4.79 Å². The van der Waals surface area contributed by atoms with Gasteiger partial charge in [0, 0.05) is 16.3 Å². The molecular formula is C17H21N3O3S2. The molecule has 1 amide bonds. The molecule has 3 rings (SSSR count). The summed E-state index contributed by atoms with van der Waals surface area (Å²) >= 11 is 7.04. The third kappa shape index (κ3) is 4.01. The zero-order chi connectivity index (χ0) is 17.8. The summed E-state index contributed by atoms with van der Waals surface area (Å²) in [5.41, 5.74) is 1.64. The molecule has 0 bridgehead atoms. The summed E-state index contributed by atoms with van der Waals surface area (Å²) in [5, 5.41) is 6.80. The number of allylic oxidation sites excluding steroid dienone is 2. The van der Waals surface area contributed by atoms with E-state index in [0.29, 0.717) is 11.7 Å². The second-order valence-corrected chi connectivity index (χ2v) is 7.17. The molecule has 1 unspecified atom stereocenters. The van der Waals surface area contributed by atoms with E-state index in [0.717, 1.165) is 36.4 Å². The predicted molar refractivity (Wildman–Crippen MR) is 103 cm³/mol. The van der Waals surface area contributed by atoms with Crippen molar-refractivity contribution in [3.05, 3.63) is 34.9 Å². The SMILES string of the molecule is CCOC(=O)N1C2=C(CCC2)SC1NC(=S)Nc1ccc(OC)cc1. The minimum absolute atomic E-state index is 0.275. The molecule has 6 nitrogen and oxygen atoms in total. The molecular weight excluding hydrogens is 358 g/mol. The first-order chi connectivity index (χ1) is 12.1. The summed E-state index contributed by atoms with van der Waals surface area (Å²) in [4.78, 5) is 15.3. The molecule has 134 valence electrons. The van der Waals surface area contributed by atoms with E-state index in [-0.39, 0.29) is 11.6 Å². The number of methoxy groups -OCH3 is 1. The molecule has 1 heterocycles. The summed E-state index contributed by atoms with van der Waals surface area (Å²) in [5.74, 6) is 0.782. The van der Waals surface area contributed by atoms with Crippen LogP contribution in [0.15, 0.2) is 34.9 Å². The van der Waals surface area contributed by atoms with Gasteiger partial charge in [-0.05, 0) is 62.7 Å². The zero-order valence-electron chi connectivity index (χ0n) is 14.2. The van der Waals surface area contributed by atoms with Crippen LogP contribution in [-0.2, 0) is 4.74 Å². The third-order valence-electron chi connectivity index (χ3n) is 3.99. The molecule has 8 heteroatoms. The van der Waals surface area contributed by atoms with E-state index >= 15 is 0 Å². The van der Waals surface area contributed by atoms with Crippen LogP contribution in [0.2, 0.25) is 0 Å². The molecule has 25 heavy (non-hydrogen) atoms. The lowest BCUT2D eigenvalue weighted by Gasteiger charge is -2.27. The van der Waals surface area contributed by atoms with Gasteiger partial charge in [0.25, 0.3) is 0 Å². The van der Waals surface area contributed by atoms with E-state index in [4.69, 9.17) is 21.7 Å². The van der Waals surface area contributed by atoms with Crippen LogP contribution >= 0.6 is 24.0 Å². The second-order valence-electron chi connectivity index (χ2n) is 5.59. The molecule has 1 atom stereocenters. The fourth-order valence-corrected chi connectivity index (χ4v) is 4.53. The monoisotopic (exact) mass is 379 g/mol. The van der Waals surface area contributed by atoms with Crippen molar-refractivity contribution in [1.29, 1.82) is 0 Å². The first-order valence-electron chi connectivity index (χ1n) is 8.18. The Kier molecular flexibility index (Phi) is 5.70. The predicted octanol–water partition coefficient (Wildman–Crippen LogP) is 3.87. The Balaban J connectivity index is 1.64. The van der Waals surface area contributed by atoms with Gasteiger partial charge >= 0.3 is 6.09 Å². The lowest BCUT2D eigenvalue weighted by atomic mass is 10.3. The van der Waals surface area contributed by atoms with Crippen molar-refractivity contribution in [1.82, 2.24) is 10.2 Å². The quantitative estimate of drug-likeness (QED) is 0.770. The van der Waals surface area contributed by atoms with E-state index in [1.165, 1.54) is 4.91 Å². The number of hydrogen-bond acceptors (Lipinski definition) is 5. The number of ether oxygens (including phenoxy) is 2. The number of thiocarbonyl (C=S) groups is 1. The smallest absolute Gasteiger partial charge is 0.416 e. The fraction of sp³-hybridized carbons (Fsp3) is 0.412. The van der Waals surface area contributed by atoms with E-state index in [1.807, 2.05) is 31.2 Å². The van der Waals surface area contributed by atoms with Gasteiger partial charge in [-0.15, -0.1) is 0 Å². The highest BCUT2D eigenvalue weighted by Crippen LogP contribution is 2.46. The number of carbonyl (C=O) groups is 1. The number of thioether (sulfide) groups is 1. The average Bonchev–Trinajstić information content (AvgIpc) is 3.16. The Hall–Kier alpha value is -1.93. The third-order valence-corrected chi connectivity index (χ3v) is 5.48. The van der Waals surface area contributed by atoms with Gasteiger partial charge in [0.05, 0.1) is 13.7 Å². The normalized spacial score (nSPS) is 18.8. The van der Waals surface area contributed by atoms with Crippen molar-refractivity contribution in [2.75, 3.05) is 19.0 Å². The van der Waals surface area contributed by atoms with E-state index in [1.54, 1.807) is 23.8 Å². The van der Waals surface area contributed by atoms with Crippen molar-refractivity contribution in [2.24, 2.45) is 0 Å². The molecule has 1 aliphatic heterocycles.